The highest BCUT2D eigenvalue weighted by Gasteiger charge is 2.29. The van der Waals surface area contributed by atoms with E-state index in [1.807, 2.05) is 12.1 Å². The Labute approximate surface area is 168 Å². The Bertz CT molecular complexity index is 703. The molecule has 1 aromatic carbocycles. The molecule has 0 radical (unpaired) electrons. The van der Waals surface area contributed by atoms with E-state index in [0.29, 0.717) is 25.2 Å². The van der Waals surface area contributed by atoms with Crippen molar-refractivity contribution in [2.24, 2.45) is 4.99 Å². The van der Waals surface area contributed by atoms with Gasteiger partial charge in [0, 0.05) is 45.2 Å². The number of nitrogens with one attached hydrogen (secondary N) is 2. The lowest BCUT2D eigenvalue weighted by atomic mass is 10.2. The number of likely N-dealkylation sites (tertiary alicyclic amines) is 1. The molecule has 2 unspecified atom stereocenters. The highest BCUT2D eigenvalue weighted by Crippen LogP contribution is 2.20. The minimum Gasteiger partial charge on any atom is -0.469 e. The third-order valence-corrected chi connectivity index (χ3v) is 5.08. The summed E-state index contributed by atoms with van der Waals surface area (Å²) in [7, 11) is 1.70. The van der Waals surface area contributed by atoms with Gasteiger partial charge in [0.2, 0.25) is 0 Å². The number of hydrogen-bond acceptors (Lipinski definition) is 4. The zero-order chi connectivity index (χ0) is 19.6. The van der Waals surface area contributed by atoms with Crippen LogP contribution in [0.4, 0.5) is 0 Å². The smallest absolute Gasteiger partial charge is 0.191 e. The van der Waals surface area contributed by atoms with Crippen LogP contribution >= 0.6 is 0 Å². The van der Waals surface area contributed by atoms with Crippen LogP contribution in [0, 0.1) is 0 Å². The van der Waals surface area contributed by atoms with Crippen molar-refractivity contribution in [3.8, 4) is 0 Å². The summed E-state index contributed by atoms with van der Waals surface area (Å²) in [6.45, 7) is 6.34. The van der Waals surface area contributed by atoms with Crippen LogP contribution < -0.4 is 10.6 Å². The molecule has 1 aliphatic heterocycles. The van der Waals surface area contributed by atoms with Gasteiger partial charge in [-0.05, 0) is 31.0 Å². The Balaban J connectivity index is 1.51. The van der Waals surface area contributed by atoms with Crippen molar-refractivity contribution in [2.75, 3.05) is 33.4 Å². The van der Waals surface area contributed by atoms with Crippen molar-refractivity contribution in [2.45, 2.75) is 38.4 Å². The average Bonchev–Trinajstić information content (AvgIpc) is 3.33. The standard InChI is InChI=1S/C22H32N4O2/c1-18-15-20(17-26(18)16-19-7-4-3-5-8-19)25-22(24-12-14-27-2)23-11-10-21-9-6-13-28-21/h3-9,13,18,20H,10-12,14-17H2,1-2H3,(H2,23,24,25). The maximum Gasteiger partial charge on any atom is 0.191 e. The maximum absolute atomic E-state index is 5.41. The minimum atomic E-state index is 0.385. The number of ether oxygens (including phenoxy) is 1. The van der Waals surface area contributed by atoms with Gasteiger partial charge in [0.25, 0.3) is 0 Å². The van der Waals surface area contributed by atoms with E-state index in [1.54, 1.807) is 13.4 Å². The Hall–Kier alpha value is -2.31. The minimum absolute atomic E-state index is 0.385. The lowest BCUT2D eigenvalue weighted by Crippen LogP contribution is -2.45. The second kappa shape index (κ2) is 10.9. The zero-order valence-electron chi connectivity index (χ0n) is 16.9. The van der Waals surface area contributed by atoms with Gasteiger partial charge in [-0.1, -0.05) is 30.3 Å². The molecule has 2 atom stereocenters. The molecule has 0 aliphatic carbocycles. The number of rotatable bonds is 9. The van der Waals surface area contributed by atoms with Gasteiger partial charge in [0.05, 0.1) is 19.4 Å². The molecule has 28 heavy (non-hydrogen) atoms. The monoisotopic (exact) mass is 384 g/mol. The summed E-state index contributed by atoms with van der Waals surface area (Å²) in [6.07, 6.45) is 3.65. The van der Waals surface area contributed by atoms with E-state index in [1.165, 1.54) is 5.56 Å². The molecule has 1 aliphatic rings. The predicted molar refractivity (Wildman–Crippen MR) is 112 cm³/mol. The molecule has 1 aromatic heterocycles. The van der Waals surface area contributed by atoms with Gasteiger partial charge >= 0.3 is 0 Å². The number of nitrogens with zero attached hydrogens (tertiary/aromatic N) is 2. The van der Waals surface area contributed by atoms with Gasteiger partial charge in [-0.25, -0.2) is 0 Å². The molecule has 0 bridgehead atoms. The van der Waals surface area contributed by atoms with Crippen molar-refractivity contribution in [1.82, 2.24) is 15.5 Å². The summed E-state index contributed by atoms with van der Waals surface area (Å²) in [5.41, 5.74) is 1.36. The molecule has 6 nitrogen and oxygen atoms in total. The van der Waals surface area contributed by atoms with Crippen molar-refractivity contribution < 1.29 is 9.15 Å². The molecular weight excluding hydrogens is 352 g/mol. The zero-order valence-corrected chi connectivity index (χ0v) is 16.9. The van der Waals surface area contributed by atoms with Crippen molar-refractivity contribution in [1.29, 1.82) is 0 Å². The number of hydrogen-bond donors (Lipinski definition) is 2. The third-order valence-electron chi connectivity index (χ3n) is 5.08. The first-order valence-corrected chi connectivity index (χ1v) is 10.1. The highest BCUT2D eigenvalue weighted by molar-refractivity contribution is 5.80. The topological polar surface area (TPSA) is 62.0 Å². The number of benzene rings is 1. The SMILES string of the molecule is COCCN=C(NCCc1ccco1)NC1CC(C)N(Cc2ccccc2)C1. The molecule has 6 heteroatoms. The first kappa shape index (κ1) is 20.4. The van der Waals surface area contributed by atoms with Crippen molar-refractivity contribution >= 4 is 5.96 Å². The van der Waals surface area contributed by atoms with E-state index in [4.69, 9.17) is 9.15 Å². The van der Waals surface area contributed by atoms with E-state index in [9.17, 15) is 0 Å². The third kappa shape index (κ3) is 6.39. The van der Waals surface area contributed by atoms with Gasteiger partial charge in [-0.15, -0.1) is 0 Å². The van der Waals surface area contributed by atoms with Crippen LogP contribution in [0.3, 0.4) is 0 Å². The maximum atomic E-state index is 5.41. The van der Waals surface area contributed by atoms with E-state index in [2.05, 4.69) is 57.8 Å². The molecule has 1 saturated heterocycles. The van der Waals surface area contributed by atoms with Gasteiger partial charge in [-0.3, -0.25) is 9.89 Å². The fourth-order valence-electron chi connectivity index (χ4n) is 3.59. The molecule has 1 fully saturated rings. The van der Waals surface area contributed by atoms with Gasteiger partial charge < -0.3 is 19.8 Å². The molecule has 152 valence electrons. The number of methoxy groups -OCH3 is 1. The normalized spacial score (nSPS) is 20.4. The van der Waals surface area contributed by atoms with E-state index in [0.717, 1.165) is 44.2 Å². The summed E-state index contributed by atoms with van der Waals surface area (Å²) < 4.78 is 10.5. The summed E-state index contributed by atoms with van der Waals surface area (Å²) in [5.74, 6) is 1.83. The fraction of sp³-hybridized carbons (Fsp3) is 0.500. The predicted octanol–water partition coefficient (Wildman–Crippen LogP) is 2.67. The van der Waals surface area contributed by atoms with Gasteiger partial charge in [-0.2, -0.15) is 0 Å². The summed E-state index contributed by atoms with van der Waals surface area (Å²) in [5, 5.41) is 7.04. The van der Waals surface area contributed by atoms with Crippen LogP contribution in [0.2, 0.25) is 0 Å². The second-order valence-corrected chi connectivity index (χ2v) is 7.32. The molecule has 2 N–H and O–H groups in total. The second-order valence-electron chi connectivity index (χ2n) is 7.32. The van der Waals surface area contributed by atoms with E-state index >= 15 is 0 Å². The Morgan fingerprint density at radius 3 is 2.86 bits per heavy atom. The Kier molecular flexibility index (Phi) is 7.94. The van der Waals surface area contributed by atoms with Crippen LogP contribution in [0.5, 0.6) is 0 Å². The molecule has 2 heterocycles. The van der Waals surface area contributed by atoms with Crippen LogP contribution in [-0.4, -0.2) is 56.3 Å². The molecule has 3 rings (SSSR count). The Morgan fingerprint density at radius 2 is 2.11 bits per heavy atom. The van der Waals surface area contributed by atoms with Gasteiger partial charge in [0.15, 0.2) is 5.96 Å². The van der Waals surface area contributed by atoms with Crippen LogP contribution in [0.15, 0.2) is 58.1 Å². The quantitative estimate of drug-likeness (QED) is 0.395. The first-order valence-electron chi connectivity index (χ1n) is 10.1. The van der Waals surface area contributed by atoms with E-state index < -0.39 is 0 Å². The van der Waals surface area contributed by atoms with Crippen molar-refractivity contribution in [3.63, 3.8) is 0 Å². The van der Waals surface area contributed by atoms with E-state index in [-0.39, 0.29) is 0 Å². The highest BCUT2D eigenvalue weighted by atomic mass is 16.5. The van der Waals surface area contributed by atoms with Crippen LogP contribution in [-0.2, 0) is 17.7 Å². The molecule has 0 saturated carbocycles. The average molecular weight is 385 g/mol. The molecule has 2 aromatic rings. The number of guanidine groups is 1. The fourth-order valence-corrected chi connectivity index (χ4v) is 3.59. The first-order chi connectivity index (χ1) is 13.7. The summed E-state index contributed by atoms with van der Waals surface area (Å²) in [6, 6.07) is 15.5. The molecule has 0 spiro atoms. The lowest BCUT2D eigenvalue weighted by molar-refractivity contribution is 0.208. The van der Waals surface area contributed by atoms with Crippen molar-refractivity contribution in [3.05, 3.63) is 60.1 Å². The summed E-state index contributed by atoms with van der Waals surface area (Å²) in [4.78, 5) is 7.18. The molecule has 0 amide bonds. The largest absolute Gasteiger partial charge is 0.469 e. The Morgan fingerprint density at radius 1 is 1.25 bits per heavy atom. The van der Waals surface area contributed by atoms with Gasteiger partial charge in [0.1, 0.15) is 5.76 Å². The summed E-state index contributed by atoms with van der Waals surface area (Å²) >= 11 is 0. The van der Waals surface area contributed by atoms with Crippen LogP contribution in [0.25, 0.3) is 0 Å². The lowest BCUT2D eigenvalue weighted by Gasteiger charge is -2.21. The van der Waals surface area contributed by atoms with Crippen LogP contribution in [0.1, 0.15) is 24.7 Å². The number of furan rings is 1. The molecular formula is C22H32N4O2. The number of aliphatic imine (C=N–C) groups is 1.